The Morgan fingerprint density at radius 2 is 2.14 bits per heavy atom. The van der Waals surface area contributed by atoms with Gasteiger partial charge in [0.25, 0.3) is 0 Å². The second-order valence-corrected chi connectivity index (χ2v) is 4.97. The molecule has 0 fully saturated rings. The van der Waals surface area contributed by atoms with Gasteiger partial charge in [-0.1, -0.05) is 17.8 Å². The highest BCUT2D eigenvalue weighted by Crippen LogP contribution is 2.32. The van der Waals surface area contributed by atoms with Gasteiger partial charge in [0.15, 0.2) is 16.7 Å². The predicted molar refractivity (Wildman–Crippen MR) is 78.5 cm³/mol. The lowest BCUT2D eigenvalue weighted by atomic mass is 10.2. The Morgan fingerprint density at radius 3 is 2.95 bits per heavy atom. The molecule has 0 aliphatic carbocycles. The number of hydrogen-bond donors (Lipinski definition) is 2. The standard InChI is InChI=1S/C13H14N4O3S/c1-21-13-15-11(17-14)5-12(16-13)18-6-8-2-3-9-10(4-8)20-7-19-9/h2-5H,6-7,14H2,1H3,(H,15,16,17). The summed E-state index contributed by atoms with van der Waals surface area (Å²) in [6.45, 7) is 0.625. The van der Waals surface area contributed by atoms with E-state index in [1.54, 1.807) is 6.07 Å². The Labute approximate surface area is 125 Å². The number of hydrogen-bond acceptors (Lipinski definition) is 8. The molecule has 2 aromatic rings. The maximum absolute atomic E-state index is 5.68. The smallest absolute Gasteiger partial charge is 0.231 e. The van der Waals surface area contributed by atoms with Crippen molar-refractivity contribution in [1.29, 1.82) is 0 Å². The van der Waals surface area contributed by atoms with Crippen LogP contribution in [0.4, 0.5) is 5.82 Å². The van der Waals surface area contributed by atoms with Gasteiger partial charge >= 0.3 is 0 Å². The van der Waals surface area contributed by atoms with E-state index in [0.717, 1.165) is 17.1 Å². The summed E-state index contributed by atoms with van der Waals surface area (Å²) < 4.78 is 16.3. The number of hydrazine groups is 1. The van der Waals surface area contributed by atoms with Crippen LogP contribution in [0.25, 0.3) is 0 Å². The maximum atomic E-state index is 5.68. The number of anilines is 1. The number of nitrogens with zero attached hydrogens (tertiary/aromatic N) is 2. The van der Waals surface area contributed by atoms with Gasteiger partial charge in [0.1, 0.15) is 12.4 Å². The van der Waals surface area contributed by atoms with E-state index in [4.69, 9.17) is 20.1 Å². The van der Waals surface area contributed by atoms with Crippen molar-refractivity contribution in [3.63, 3.8) is 0 Å². The van der Waals surface area contributed by atoms with Crippen LogP contribution in [0.5, 0.6) is 17.4 Å². The zero-order valence-corrected chi connectivity index (χ0v) is 12.1. The highest BCUT2D eigenvalue weighted by molar-refractivity contribution is 7.98. The van der Waals surface area contributed by atoms with Gasteiger partial charge in [-0.25, -0.2) is 10.8 Å². The Balaban J connectivity index is 1.72. The highest BCUT2D eigenvalue weighted by Gasteiger charge is 2.13. The molecule has 0 radical (unpaired) electrons. The molecule has 8 heteroatoms. The first kappa shape index (κ1) is 13.8. The van der Waals surface area contributed by atoms with Crippen LogP contribution in [0.15, 0.2) is 29.4 Å². The van der Waals surface area contributed by atoms with E-state index in [1.807, 2.05) is 24.5 Å². The molecular weight excluding hydrogens is 292 g/mol. The molecule has 0 spiro atoms. The molecule has 0 bridgehead atoms. The lowest BCUT2D eigenvalue weighted by Gasteiger charge is -2.08. The van der Waals surface area contributed by atoms with Crippen molar-refractivity contribution >= 4 is 17.6 Å². The van der Waals surface area contributed by atoms with Crippen LogP contribution < -0.4 is 25.5 Å². The molecule has 0 saturated carbocycles. The number of rotatable bonds is 5. The summed E-state index contributed by atoms with van der Waals surface area (Å²) in [5, 5.41) is 0.589. The summed E-state index contributed by atoms with van der Waals surface area (Å²) in [5.41, 5.74) is 3.46. The number of nitrogens with two attached hydrogens (primary N) is 1. The third kappa shape index (κ3) is 3.11. The van der Waals surface area contributed by atoms with Crippen molar-refractivity contribution in [3.05, 3.63) is 29.8 Å². The molecule has 2 heterocycles. The fourth-order valence-electron chi connectivity index (χ4n) is 1.83. The first-order valence-electron chi connectivity index (χ1n) is 6.19. The van der Waals surface area contributed by atoms with Crippen LogP contribution in [-0.4, -0.2) is 23.0 Å². The number of ether oxygens (including phenoxy) is 3. The van der Waals surface area contributed by atoms with Gasteiger partial charge in [0, 0.05) is 6.07 Å². The molecule has 1 aliphatic heterocycles. The molecular formula is C13H14N4O3S. The summed E-state index contributed by atoms with van der Waals surface area (Å²) in [4.78, 5) is 8.44. The van der Waals surface area contributed by atoms with Crippen molar-refractivity contribution in [1.82, 2.24) is 9.97 Å². The third-order valence-electron chi connectivity index (χ3n) is 2.84. The number of benzene rings is 1. The molecule has 3 rings (SSSR count). The quantitative estimate of drug-likeness (QED) is 0.374. The van der Waals surface area contributed by atoms with E-state index >= 15 is 0 Å². The van der Waals surface area contributed by atoms with Crippen molar-refractivity contribution < 1.29 is 14.2 Å². The van der Waals surface area contributed by atoms with Gasteiger partial charge in [0.05, 0.1) is 0 Å². The monoisotopic (exact) mass is 306 g/mol. The fraction of sp³-hybridized carbons (Fsp3) is 0.231. The summed E-state index contributed by atoms with van der Waals surface area (Å²) in [6.07, 6.45) is 1.89. The largest absolute Gasteiger partial charge is 0.473 e. The SMILES string of the molecule is CSc1nc(NN)cc(OCc2ccc3c(c2)OCO3)n1. The molecule has 0 atom stereocenters. The molecule has 0 saturated heterocycles. The molecule has 21 heavy (non-hydrogen) atoms. The topological polar surface area (TPSA) is 91.5 Å². The molecule has 0 unspecified atom stereocenters. The van der Waals surface area contributed by atoms with E-state index in [9.17, 15) is 0 Å². The summed E-state index contributed by atoms with van der Waals surface area (Å²) in [5.74, 6) is 7.82. The molecule has 110 valence electrons. The third-order valence-corrected chi connectivity index (χ3v) is 3.38. The Morgan fingerprint density at radius 1 is 1.29 bits per heavy atom. The zero-order chi connectivity index (χ0) is 14.7. The normalized spacial score (nSPS) is 12.3. The zero-order valence-electron chi connectivity index (χ0n) is 11.3. The van der Waals surface area contributed by atoms with Gasteiger partial charge in [-0.3, -0.25) is 0 Å². The van der Waals surface area contributed by atoms with E-state index < -0.39 is 0 Å². The van der Waals surface area contributed by atoms with Crippen LogP contribution in [0.2, 0.25) is 0 Å². The molecule has 0 amide bonds. The second kappa shape index (κ2) is 6.06. The Hall–Kier alpha value is -2.19. The van der Waals surface area contributed by atoms with Crippen molar-refractivity contribution in [2.45, 2.75) is 11.8 Å². The van der Waals surface area contributed by atoms with Gasteiger partial charge in [-0.15, -0.1) is 0 Å². The number of fused-ring (bicyclic) bond motifs is 1. The number of aromatic nitrogens is 2. The minimum atomic E-state index is 0.258. The van der Waals surface area contributed by atoms with Gasteiger partial charge in [-0.2, -0.15) is 4.98 Å². The predicted octanol–water partition coefficient (Wildman–Crippen LogP) is 1.79. The van der Waals surface area contributed by atoms with Crippen molar-refractivity contribution in [2.24, 2.45) is 5.84 Å². The Kier molecular flexibility index (Phi) is 3.98. The van der Waals surface area contributed by atoms with Crippen LogP contribution in [0.3, 0.4) is 0 Å². The van der Waals surface area contributed by atoms with Crippen molar-refractivity contribution in [3.8, 4) is 17.4 Å². The van der Waals surface area contributed by atoms with Gasteiger partial charge in [-0.05, 0) is 24.0 Å². The first-order valence-corrected chi connectivity index (χ1v) is 7.42. The Bertz CT molecular complexity index is 631. The van der Waals surface area contributed by atoms with Crippen LogP contribution >= 0.6 is 11.8 Å². The average Bonchev–Trinajstić information content (AvgIpc) is 3.00. The minimum absolute atomic E-state index is 0.258. The molecule has 1 aromatic carbocycles. The van der Waals surface area contributed by atoms with E-state index in [0.29, 0.717) is 23.5 Å². The fourth-order valence-corrected chi connectivity index (χ4v) is 2.20. The van der Waals surface area contributed by atoms with E-state index in [-0.39, 0.29) is 6.79 Å². The minimum Gasteiger partial charge on any atom is -0.473 e. The maximum Gasteiger partial charge on any atom is 0.231 e. The van der Waals surface area contributed by atoms with E-state index in [2.05, 4.69) is 15.4 Å². The summed E-state index contributed by atoms with van der Waals surface area (Å²) in [7, 11) is 0. The second-order valence-electron chi connectivity index (χ2n) is 4.20. The van der Waals surface area contributed by atoms with Gasteiger partial charge in [0.2, 0.25) is 12.7 Å². The number of thioether (sulfide) groups is 1. The molecule has 7 nitrogen and oxygen atoms in total. The highest BCUT2D eigenvalue weighted by atomic mass is 32.2. The molecule has 3 N–H and O–H groups in total. The molecule has 1 aliphatic rings. The van der Waals surface area contributed by atoms with Gasteiger partial charge < -0.3 is 19.6 Å². The van der Waals surface area contributed by atoms with Crippen LogP contribution in [0, 0.1) is 0 Å². The lowest BCUT2D eigenvalue weighted by molar-refractivity contribution is 0.174. The summed E-state index contributed by atoms with van der Waals surface area (Å²) >= 11 is 1.42. The van der Waals surface area contributed by atoms with Crippen molar-refractivity contribution in [2.75, 3.05) is 18.5 Å². The first-order chi connectivity index (χ1) is 10.3. The molecule has 1 aromatic heterocycles. The average molecular weight is 306 g/mol. The number of nitrogens with one attached hydrogen (secondary N) is 1. The summed E-state index contributed by atoms with van der Waals surface area (Å²) in [6, 6.07) is 7.32. The van der Waals surface area contributed by atoms with Crippen LogP contribution in [-0.2, 0) is 6.61 Å². The number of nitrogen functional groups attached to an aromatic ring is 1. The van der Waals surface area contributed by atoms with E-state index in [1.165, 1.54) is 11.8 Å². The lowest BCUT2D eigenvalue weighted by Crippen LogP contribution is -2.10. The van der Waals surface area contributed by atoms with Crippen LogP contribution in [0.1, 0.15) is 5.56 Å².